The minimum atomic E-state index is 0.537. The fourth-order valence-corrected chi connectivity index (χ4v) is 8.48. The summed E-state index contributed by atoms with van der Waals surface area (Å²) in [6, 6.07) is 63.9. The molecule has 0 radical (unpaired) electrons. The Labute approximate surface area is 355 Å². The molecule has 0 atom stereocenters. The van der Waals surface area contributed by atoms with Gasteiger partial charge in [-0.3, -0.25) is 14.5 Å². The Morgan fingerprint density at radius 3 is 1.53 bits per heavy atom. The van der Waals surface area contributed by atoms with Crippen LogP contribution >= 0.6 is 0 Å². The lowest BCUT2D eigenvalue weighted by molar-refractivity contribution is 0.953. The summed E-state index contributed by atoms with van der Waals surface area (Å²) in [4.78, 5) is 35.1. The van der Waals surface area contributed by atoms with Crippen LogP contribution in [0.25, 0.3) is 112 Å². The molecule has 0 aliphatic heterocycles. The van der Waals surface area contributed by atoms with Crippen LogP contribution in [0.5, 0.6) is 0 Å². The Bertz CT molecular complexity index is 3550. The Hall–Kier alpha value is -8.69. The van der Waals surface area contributed by atoms with Crippen molar-refractivity contribution in [3.63, 3.8) is 0 Å². The molecule has 9 nitrogen and oxygen atoms in total. The summed E-state index contributed by atoms with van der Waals surface area (Å²) in [5.41, 5.74) is 11.8. The smallest absolute Gasteiger partial charge is 0.238 e. The zero-order valence-corrected chi connectivity index (χ0v) is 33.1. The van der Waals surface area contributed by atoms with E-state index < -0.39 is 0 Å². The second-order valence-electron chi connectivity index (χ2n) is 15.0. The topological polar surface area (TPSA) is 100 Å². The van der Waals surface area contributed by atoms with E-state index in [9.17, 15) is 0 Å². The van der Waals surface area contributed by atoms with Crippen molar-refractivity contribution in [3.05, 3.63) is 200 Å². The second-order valence-corrected chi connectivity index (χ2v) is 15.0. The zero-order chi connectivity index (χ0) is 41.0. The van der Waals surface area contributed by atoms with Crippen LogP contribution in [0.15, 0.2) is 200 Å². The quantitative estimate of drug-likeness (QED) is 0.158. The van der Waals surface area contributed by atoms with E-state index >= 15 is 0 Å². The number of aromatic nitrogens is 9. The third-order valence-electron chi connectivity index (χ3n) is 11.3. The van der Waals surface area contributed by atoms with Gasteiger partial charge in [0.25, 0.3) is 0 Å². The van der Waals surface area contributed by atoms with E-state index in [4.69, 9.17) is 29.9 Å². The van der Waals surface area contributed by atoms with E-state index in [2.05, 4.69) is 99.0 Å². The molecule has 0 unspecified atom stereocenters. The molecule has 12 aromatic rings. The second kappa shape index (κ2) is 14.5. The highest BCUT2D eigenvalue weighted by Crippen LogP contribution is 2.40. The molecular weight excluding hydrogens is 763 g/mol. The number of hydrogen-bond acceptors (Lipinski definition) is 7. The summed E-state index contributed by atoms with van der Waals surface area (Å²) in [5.74, 6) is 2.32. The van der Waals surface area contributed by atoms with E-state index in [-0.39, 0.29) is 0 Å². The third kappa shape index (κ3) is 5.90. The molecule has 0 bridgehead atoms. The van der Waals surface area contributed by atoms with Gasteiger partial charge in [-0.1, -0.05) is 121 Å². The van der Waals surface area contributed by atoms with Gasteiger partial charge in [0.2, 0.25) is 5.95 Å². The summed E-state index contributed by atoms with van der Waals surface area (Å²) in [6.07, 6.45) is 3.57. The first-order valence-electron chi connectivity index (χ1n) is 20.4. The number of pyridine rings is 2. The van der Waals surface area contributed by atoms with E-state index in [1.165, 1.54) is 0 Å². The van der Waals surface area contributed by atoms with Gasteiger partial charge in [-0.2, -0.15) is 9.97 Å². The average molecular weight is 796 g/mol. The number of fused-ring (bicyclic) bond motifs is 6. The Morgan fingerprint density at radius 2 is 0.887 bits per heavy atom. The molecule has 0 N–H and O–H groups in total. The first kappa shape index (κ1) is 35.3. The van der Waals surface area contributed by atoms with Gasteiger partial charge in [0, 0.05) is 45.4 Å². The molecule has 9 heteroatoms. The SMILES string of the molecule is c1ccc(-c2nc(-c3ccccc3)nc(-n3c4ccccc4c4cc(-c5ccc6c(c5)c5nc(-c7ccccn7)nc(-c7ccccn7)c5n6-c5ccccc5)ccc43)n2)cc1. The van der Waals surface area contributed by atoms with Crippen molar-refractivity contribution in [2.45, 2.75) is 0 Å². The fraction of sp³-hybridized carbons (Fsp3) is 0. The maximum atomic E-state index is 5.28. The highest BCUT2D eigenvalue weighted by molar-refractivity contribution is 6.13. The summed E-state index contributed by atoms with van der Waals surface area (Å²) >= 11 is 0. The Balaban J connectivity index is 1.08. The van der Waals surface area contributed by atoms with Crippen LogP contribution < -0.4 is 0 Å². The minimum Gasteiger partial charge on any atom is -0.306 e. The molecule has 0 saturated heterocycles. The monoisotopic (exact) mass is 795 g/mol. The van der Waals surface area contributed by atoms with Gasteiger partial charge in [0.15, 0.2) is 17.5 Å². The van der Waals surface area contributed by atoms with Crippen LogP contribution in [0, 0.1) is 0 Å². The van der Waals surface area contributed by atoms with Crippen LogP contribution in [0.1, 0.15) is 0 Å². The number of benzene rings is 6. The lowest BCUT2D eigenvalue weighted by atomic mass is 10.0. The van der Waals surface area contributed by atoms with Crippen molar-refractivity contribution in [2.24, 2.45) is 0 Å². The molecule has 0 spiro atoms. The maximum Gasteiger partial charge on any atom is 0.238 e. The van der Waals surface area contributed by atoms with Gasteiger partial charge < -0.3 is 4.57 Å². The average Bonchev–Trinajstić information content (AvgIpc) is 3.87. The van der Waals surface area contributed by atoms with Gasteiger partial charge >= 0.3 is 0 Å². The van der Waals surface area contributed by atoms with Crippen molar-refractivity contribution < 1.29 is 0 Å². The number of hydrogen-bond donors (Lipinski definition) is 0. The van der Waals surface area contributed by atoms with E-state index in [0.29, 0.717) is 29.1 Å². The fourth-order valence-electron chi connectivity index (χ4n) is 8.48. The van der Waals surface area contributed by atoms with Crippen LogP contribution in [0.3, 0.4) is 0 Å². The van der Waals surface area contributed by atoms with Crippen LogP contribution in [-0.2, 0) is 0 Å². The van der Waals surface area contributed by atoms with Gasteiger partial charge in [-0.25, -0.2) is 15.0 Å². The van der Waals surface area contributed by atoms with Gasteiger partial charge in [0.1, 0.15) is 22.4 Å². The molecular formula is C53H33N9. The first-order chi connectivity index (χ1) is 30.7. The summed E-state index contributed by atoms with van der Waals surface area (Å²) in [6.45, 7) is 0. The van der Waals surface area contributed by atoms with Gasteiger partial charge in [-0.05, 0) is 77.9 Å². The molecule has 290 valence electrons. The van der Waals surface area contributed by atoms with Crippen molar-refractivity contribution in [2.75, 3.05) is 0 Å². The summed E-state index contributed by atoms with van der Waals surface area (Å²) < 4.78 is 4.40. The number of para-hydroxylation sites is 2. The first-order valence-corrected chi connectivity index (χ1v) is 20.4. The van der Waals surface area contributed by atoms with Crippen molar-refractivity contribution >= 4 is 43.7 Å². The lowest BCUT2D eigenvalue weighted by Crippen LogP contribution is -2.06. The predicted molar refractivity (Wildman–Crippen MR) is 247 cm³/mol. The molecule has 0 saturated carbocycles. The number of rotatable bonds is 7. The molecule has 0 aliphatic rings. The zero-order valence-electron chi connectivity index (χ0n) is 33.1. The van der Waals surface area contributed by atoms with Gasteiger partial charge in [0.05, 0.1) is 22.2 Å². The molecule has 0 amide bonds. The maximum absolute atomic E-state index is 5.28. The summed E-state index contributed by atoms with van der Waals surface area (Å²) in [7, 11) is 0. The van der Waals surface area contributed by atoms with Crippen molar-refractivity contribution in [1.29, 1.82) is 0 Å². The third-order valence-corrected chi connectivity index (χ3v) is 11.3. The molecule has 62 heavy (non-hydrogen) atoms. The standard InChI is InChI=1S/C53H33N9/c1-4-16-34(17-5-1)50-58-51(35-18-6-2-7-19-35)60-53(59-50)62-44-25-11-10-22-39(44)40-32-36(26-28-45(40)62)37-27-29-46-41(33-37)47-49(61(46)38-20-8-3-9-21-38)48(42-23-12-14-30-54-42)57-52(56-47)43-24-13-15-31-55-43/h1-33H. The lowest BCUT2D eigenvalue weighted by Gasteiger charge is -2.11. The highest BCUT2D eigenvalue weighted by atomic mass is 15.2. The molecule has 6 aromatic carbocycles. The van der Waals surface area contributed by atoms with Crippen LogP contribution in [0.4, 0.5) is 0 Å². The molecule has 6 heterocycles. The van der Waals surface area contributed by atoms with Crippen molar-refractivity contribution in [3.8, 4) is 68.4 Å². The highest BCUT2D eigenvalue weighted by Gasteiger charge is 2.23. The normalized spacial score (nSPS) is 11.5. The summed E-state index contributed by atoms with van der Waals surface area (Å²) in [5, 5.41) is 3.18. The Kier molecular flexibility index (Phi) is 8.27. The van der Waals surface area contributed by atoms with E-state index in [1.807, 2.05) is 103 Å². The van der Waals surface area contributed by atoms with E-state index in [0.717, 1.165) is 83.1 Å². The van der Waals surface area contributed by atoms with Crippen molar-refractivity contribution in [1.82, 2.24) is 44.0 Å². The molecule has 12 rings (SSSR count). The number of nitrogens with zero attached hydrogens (tertiary/aromatic N) is 9. The van der Waals surface area contributed by atoms with E-state index in [1.54, 1.807) is 12.4 Å². The molecule has 6 aromatic heterocycles. The Morgan fingerprint density at radius 1 is 0.339 bits per heavy atom. The van der Waals surface area contributed by atoms with Crippen LogP contribution in [0.2, 0.25) is 0 Å². The largest absolute Gasteiger partial charge is 0.306 e. The molecule has 0 aliphatic carbocycles. The van der Waals surface area contributed by atoms with Gasteiger partial charge in [-0.15, -0.1) is 0 Å². The minimum absolute atomic E-state index is 0.537. The predicted octanol–water partition coefficient (Wildman–Crippen LogP) is 12.0. The molecule has 0 fully saturated rings. The van der Waals surface area contributed by atoms with Crippen LogP contribution in [-0.4, -0.2) is 44.0 Å².